The van der Waals surface area contributed by atoms with Gasteiger partial charge in [-0.3, -0.25) is 8.97 Å². The van der Waals surface area contributed by atoms with Crippen LogP contribution in [0.4, 0.5) is 0 Å². The first-order chi connectivity index (χ1) is 3.71. The average Bonchev–Trinajstić information content (AvgIpc) is 1.14. The minimum atomic E-state index is 1.03. The van der Waals surface area contributed by atoms with Gasteiger partial charge in [0.1, 0.15) is 0 Å². The summed E-state index contributed by atoms with van der Waals surface area (Å²) in [5, 5.41) is 0. The fourth-order valence-corrected chi connectivity index (χ4v) is 1.27. The topological polar surface area (TPSA) is 0 Å². The van der Waals surface area contributed by atoms with Gasteiger partial charge in [0.2, 0.25) is 6.67 Å². The quantitative estimate of drug-likeness (QED) is 0.376. The molecule has 0 fully saturated rings. The van der Waals surface area contributed by atoms with Crippen LogP contribution >= 0.6 is 0 Å². The molecule has 0 aliphatic heterocycles. The zero-order valence-electron chi connectivity index (χ0n) is 7.60. The molecule has 0 N–H and O–H groups in total. The van der Waals surface area contributed by atoms with E-state index in [-0.39, 0.29) is 0 Å². The molecule has 0 amide bonds. The molecule has 0 bridgehead atoms. The van der Waals surface area contributed by atoms with Crippen LogP contribution in [0.3, 0.4) is 0 Å². The molecule has 0 aromatic carbocycles. The molecule has 0 rings (SSSR count). The van der Waals surface area contributed by atoms with E-state index in [1.54, 1.807) is 0 Å². The van der Waals surface area contributed by atoms with Crippen LogP contribution in [-0.4, -0.2) is 57.9 Å². The van der Waals surface area contributed by atoms with E-state index in [0.717, 1.165) is 8.97 Å². The first-order valence-electron chi connectivity index (χ1n) is 3.32. The van der Waals surface area contributed by atoms with E-state index >= 15 is 0 Å². The van der Waals surface area contributed by atoms with Crippen molar-refractivity contribution in [2.24, 2.45) is 0 Å². The van der Waals surface area contributed by atoms with Crippen molar-refractivity contribution in [2.75, 3.05) is 49.0 Å². The van der Waals surface area contributed by atoms with Crippen LogP contribution in [0.2, 0.25) is 0 Å². The van der Waals surface area contributed by atoms with Crippen LogP contribution < -0.4 is 0 Å². The lowest BCUT2D eigenvalue weighted by molar-refractivity contribution is -1.05. The van der Waals surface area contributed by atoms with Crippen molar-refractivity contribution in [3.8, 4) is 0 Å². The fourth-order valence-electron chi connectivity index (χ4n) is 1.27. The SMILES string of the molecule is C[N+](C)(C)C[N+](C)(C)C. The van der Waals surface area contributed by atoms with Crippen molar-refractivity contribution in [1.82, 2.24) is 0 Å². The van der Waals surface area contributed by atoms with Gasteiger partial charge >= 0.3 is 0 Å². The number of hydrogen-bond acceptors (Lipinski definition) is 0. The van der Waals surface area contributed by atoms with Crippen LogP contribution in [0, 0.1) is 0 Å². The summed E-state index contributed by atoms with van der Waals surface area (Å²) in [6.07, 6.45) is 0. The van der Waals surface area contributed by atoms with E-state index in [9.17, 15) is 0 Å². The van der Waals surface area contributed by atoms with E-state index < -0.39 is 0 Å². The van der Waals surface area contributed by atoms with E-state index in [1.165, 1.54) is 6.67 Å². The smallest absolute Gasteiger partial charge is 0.206 e. The van der Waals surface area contributed by atoms with Crippen molar-refractivity contribution >= 4 is 0 Å². The first-order valence-corrected chi connectivity index (χ1v) is 3.32. The van der Waals surface area contributed by atoms with Gasteiger partial charge < -0.3 is 0 Å². The molecule has 0 saturated heterocycles. The molecule has 0 radical (unpaired) electrons. The largest absolute Gasteiger partial charge is 0.284 e. The van der Waals surface area contributed by atoms with Gasteiger partial charge in [0.25, 0.3) is 0 Å². The van der Waals surface area contributed by atoms with Crippen molar-refractivity contribution in [3.05, 3.63) is 0 Å². The molecule has 0 heterocycles. The zero-order valence-corrected chi connectivity index (χ0v) is 7.60. The molecule has 2 heteroatoms. The monoisotopic (exact) mass is 132 g/mol. The van der Waals surface area contributed by atoms with Crippen LogP contribution in [0.1, 0.15) is 0 Å². The Kier molecular flexibility index (Phi) is 2.25. The predicted molar refractivity (Wildman–Crippen MR) is 40.9 cm³/mol. The highest BCUT2D eigenvalue weighted by molar-refractivity contribution is 4.07. The third kappa shape index (κ3) is 7.92. The Labute approximate surface area is 58.9 Å². The van der Waals surface area contributed by atoms with Gasteiger partial charge in [-0.05, 0) is 0 Å². The van der Waals surface area contributed by atoms with Crippen molar-refractivity contribution < 1.29 is 8.97 Å². The van der Waals surface area contributed by atoms with E-state index in [2.05, 4.69) is 42.3 Å². The molecule has 0 spiro atoms. The van der Waals surface area contributed by atoms with E-state index in [0.29, 0.717) is 0 Å². The third-order valence-corrected chi connectivity index (χ3v) is 0.849. The highest BCUT2D eigenvalue weighted by Gasteiger charge is 2.17. The molecular weight excluding hydrogens is 112 g/mol. The van der Waals surface area contributed by atoms with Gasteiger partial charge in [-0.1, -0.05) is 0 Å². The molecule has 0 aliphatic carbocycles. The molecule has 0 unspecified atom stereocenters. The lowest BCUT2D eigenvalue weighted by Gasteiger charge is -2.32. The second-order valence-electron chi connectivity index (χ2n) is 4.72. The Morgan fingerprint density at radius 3 is 0.889 bits per heavy atom. The summed E-state index contributed by atoms with van der Waals surface area (Å²) in [5.41, 5.74) is 0. The van der Waals surface area contributed by atoms with Crippen LogP contribution in [0.15, 0.2) is 0 Å². The summed E-state index contributed by atoms with van der Waals surface area (Å²) in [6, 6.07) is 0. The second kappa shape index (κ2) is 2.27. The number of nitrogens with zero attached hydrogens (tertiary/aromatic N) is 2. The summed E-state index contributed by atoms with van der Waals surface area (Å²) in [4.78, 5) is 0. The molecule has 2 nitrogen and oxygen atoms in total. The van der Waals surface area contributed by atoms with Crippen molar-refractivity contribution in [3.63, 3.8) is 0 Å². The fraction of sp³-hybridized carbons (Fsp3) is 1.00. The van der Waals surface area contributed by atoms with Gasteiger partial charge in [0.15, 0.2) is 0 Å². The average molecular weight is 132 g/mol. The highest BCUT2D eigenvalue weighted by atomic mass is 15.5. The molecule has 0 aliphatic rings. The number of hydrogen-bond donors (Lipinski definition) is 0. The van der Waals surface area contributed by atoms with Gasteiger partial charge in [-0.2, -0.15) is 0 Å². The first kappa shape index (κ1) is 8.92. The minimum Gasteiger partial charge on any atom is -0.284 e. The van der Waals surface area contributed by atoms with Crippen LogP contribution in [-0.2, 0) is 0 Å². The molecule has 56 valence electrons. The molecule has 0 aromatic rings. The lowest BCUT2D eigenvalue weighted by atomic mass is 10.6. The maximum Gasteiger partial charge on any atom is 0.206 e. The summed E-state index contributed by atoms with van der Waals surface area (Å²) in [6.45, 7) is 1.17. The number of quaternary nitrogens is 2. The van der Waals surface area contributed by atoms with E-state index in [1.807, 2.05) is 0 Å². The Balaban J connectivity index is 3.75. The third-order valence-electron chi connectivity index (χ3n) is 0.849. The Morgan fingerprint density at radius 1 is 0.667 bits per heavy atom. The molecular formula is C7H20N2+2. The van der Waals surface area contributed by atoms with Crippen LogP contribution in [0.5, 0.6) is 0 Å². The standard InChI is InChI=1S/C7H20N2/c1-8(2,3)7-9(4,5)6/h7H2,1-6H3/q+2. The highest BCUT2D eigenvalue weighted by Crippen LogP contribution is 1.97. The lowest BCUT2D eigenvalue weighted by Crippen LogP contribution is -2.51. The minimum absolute atomic E-state index is 1.03. The van der Waals surface area contributed by atoms with Gasteiger partial charge in [-0.25, -0.2) is 0 Å². The second-order valence-corrected chi connectivity index (χ2v) is 4.72. The molecule has 0 saturated carbocycles. The Bertz CT molecular complexity index is 72.1. The van der Waals surface area contributed by atoms with Gasteiger partial charge in [0, 0.05) is 0 Å². The summed E-state index contributed by atoms with van der Waals surface area (Å²) < 4.78 is 2.06. The van der Waals surface area contributed by atoms with Gasteiger partial charge in [0.05, 0.1) is 42.3 Å². The maximum atomic E-state index is 2.21. The normalized spacial score (nSPS) is 14.0. The maximum absolute atomic E-state index is 2.21. The molecule has 9 heavy (non-hydrogen) atoms. The van der Waals surface area contributed by atoms with Crippen LogP contribution in [0.25, 0.3) is 0 Å². The zero-order chi connectivity index (χ0) is 7.71. The van der Waals surface area contributed by atoms with E-state index in [4.69, 9.17) is 0 Å². The predicted octanol–water partition coefficient (Wildman–Crippen LogP) is 0.356. The molecule has 0 atom stereocenters. The summed E-state index contributed by atoms with van der Waals surface area (Å²) >= 11 is 0. The Morgan fingerprint density at radius 2 is 0.889 bits per heavy atom. The Hall–Kier alpha value is -0.0800. The van der Waals surface area contributed by atoms with Crippen molar-refractivity contribution in [2.45, 2.75) is 0 Å². The van der Waals surface area contributed by atoms with Gasteiger partial charge in [-0.15, -0.1) is 0 Å². The summed E-state index contributed by atoms with van der Waals surface area (Å²) in [7, 11) is 13.3. The number of rotatable bonds is 2. The summed E-state index contributed by atoms with van der Waals surface area (Å²) in [5.74, 6) is 0. The molecule has 0 aromatic heterocycles. The van der Waals surface area contributed by atoms with Crippen molar-refractivity contribution in [1.29, 1.82) is 0 Å².